The number of hydrogen-bond donors (Lipinski definition) is 0. The normalized spacial score (nSPS) is 16.2. The zero-order valence-electron chi connectivity index (χ0n) is 13.2. The number of aliphatic imine (C=N–C) groups is 1. The van der Waals surface area contributed by atoms with Crippen LogP contribution < -0.4 is 0 Å². The molecule has 0 spiro atoms. The summed E-state index contributed by atoms with van der Waals surface area (Å²) in [6, 6.07) is 15.7. The van der Waals surface area contributed by atoms with Gasteiger partial charge in [0, 0.05) is 5.56 Å². The molecule has 3 nitrogen and oxygen atoms in total. The maximum atomic E-state index is 13.3. The maximum absolute atomic E-state index is 13.3. The summed E-state index contributed by atoms with van der Waals surface area (Å²) < 4.78 is 18.5. The van der Waals surface area contributed by atoms with Crippen LogP contribution in [0.3, 0.4) is 0 Å². The molecule has 0 aromatic heterocycles. The van der Waals surface area contributed by atoms with Crippen molar-refractivity contribution in [2.75, 3.05) is 0 Å². The van der Waals surface area contributed by atoms with Crippen molar-refractivity contribution in [2.24, 2.45) is 4.99 Å². The molecule has 4 heteroatoms. The van der Waals surface area contributed by atoms with Gasteiger partial charge < -0.3 is 4.74 Å². The van der Waals surface area contributed by atoms with Crippen LogP contribution in [0.4, 0.5) is 4.39 Å². The van der Waals surface area contributed by atoms with Crippen molar-refractivity contribution in [3.05, 3.63) is 88.9 Å². The van der Waals surface area contributed by atoms with Crippen molar-refractivity contribution in [3.63, 3.8) is 0 Å². The molecule has 0 atom stereocenters. The SMILES string of the molecule is CCC(=C/c1ccccc1)/C=C1\N=C(c2cccc(F)c2)OC1=O. The quantitative estimate of drug-likeness (QED) is 0.614. The van der Waals surface area contributed by atoms with Crippen molar-refractivity contribution in [1.29, 1.82) is 0 Å². The van der Waals surface area contributed by atoms with Gasteiger partial charge in [-0.3, -0.25) is 0 Å². The Bertz CT molecular complexity index is 851. The summed E-state index contributed by atoms with van der Waals surface area (Å²) in [5, 5.41) is 0. The van der Waals surface area contributed by atoms with Gasteiger partial charge in [0.1, 0.15) is 5.82 Å². The lowest BCUT2D eigenvalue weighted by Crippen LogP contribution is -2.05. The lowest BCUT2D eigenvalue weighted by molar-refractivity contribution is -0.130. The Morgan fingerprint density at radius 1 is 1.17 bits per heavy atom. The maximum Gasteiger partial charge on any atom is 0.363 e. The number of benzene rings is 2. The lowest BCUT2D eigenvalue weighted by Gasteiger charge is -1.99. The summed E-state index contributed by atoms with van der Waals surface area (Å²) in [5.41, 5.74) is 2.67. The van der Waals surface area contributed by atoms with Crippen molar-refractivity contribution in [1.82, 2.24) is 0 Å². The molecule has 0 bridgehead atoms. The standard InChI is InChI=1S/C20H16FNO2/c1-2-14(11-15-7-4-3-5-8-15)12-18-20(23)24-19(22-18)16-9-6-10-17(21)13-16/h3-13H,2H2,1H3/b14-11-,18-12-. The molecule has 2 aromatic carbocycles. The third-order valence-electron chi connectivity index (χ3n) is 3.57. The number of carbonyl (C=O) groups is 1. The highest BCUT2D eigenvalue weighted by atomic mass is 19.1. The van der Waals surface area contributed by atoms with E-state index >= 15 is 0 Å². The fourth-order valence-corrected chi connectivity index (χ4v) is 2.34. The summed E-state index contributed by atoms with van der Waals surface area (Å²) in [4.78, 5) is 16.2. The van der Waals surface area contributed by atoms with E-state index in [-0.39, 0.29) is 11.6 Å². The van der Waals surface area contributed by atoms with Gasteiger partial charge in [0.15, 0.2) is 5.70 Å². The first-order chi connectivity index (χ1) is 11.7. The topological polar surface area (TPSA) is 38.7 Å². The van der Waals surface area contributed by atoms with Crippen LogP contribution >= 0.6 is 0 Å². The zero-order valence-corrected chi connectivity index (χ0v) is 13.2. The molecular formula is C20H16FNO2. The first-order valence-electron chi connectivity index (χ1n) is 7.70. The molecule has 0 aliphatic carbocycles. The van der Waals surface area contributed by atoms with Gasteiger partial charge in [0.2, 0.25) is 5.90 Å². The second-order valence-electron chi connectivity index (χ2n) is 5.33. The Kier molecular flexibility index (Phi) is 4.66. The molecule has 0 unspecified atom stereocenters. The smallest absolute Gasteiger partial charge is 0.363 e. The number of cyclic esters (lactones) is 1. The molecule has 24 heavy (non-hydrogen) atoms. The van der Waals surface area contributed by atoms with E-state index in [4.69, 9.17) is 4.74 Å². The number of hydrogen-bond acceptors (Lipinski definition) is 3. The summed E-state index contributed by atoms with van der Waals surface area (Å²) in [7, 11) is 0. The molecule has 2 aromatic rings. The monoisotopic (exact) mass is 321 g/mol. The summed E-state index contributed by atoms with van der Waals surface area (Å²) in [6.45, 7) is 2.00. The Morgan fingerprint density at radius 2 is 1.96 bits per heavy atom. The van der Waals surface area contributed by atoms with E-state index in [1.807, 2.05) is 43.3 Å². The van der Waals surface area contributed by atoms with Gasteiger partial charge in [-0.15, -0.1) is 0 Å². The highest BCUT2D eigenvalue weighted by molar-refractivity contribution is 6.11. The lowest BCUT2D eigenvalue weighted by atomic mass is 10.1. The molecule has 0 saturated heterocycles. The highest BCUT2D eigenvalue weighted by Crippen LogP contribution is 2.20. The van der Waals surface area contributed by atoms with Crippen LogP contribution in [0.2, 0.25) is 0 Å². The second-order valence-corrected chi connectivity index (χ2v) is 5.33. The van der Waals surface area contributed by atoms with Crippen LogP contribution in [0.25, 0.3) is 6.08 Å². The van der Waals surface area contributed by atoms with E-state index in [1.54, 1.807) is 18.2 Å². The van der Waals surface area contributed by atoms with Crippen LogP contribution in [0, 0.1) is 5.82 Å². The molecule has 0 N–H and O–H groups in total. The Hall–Kier alpha value is -3.01. The fourth-order valence-electron chi connectivity index (χ4n) is 2.34. The van der Waals surface area contributed by atoms with Crippen LogP contribution in [0.5, 0.6) is 0 Å². The predicted octanol–water partition coefficient (Wildman–Crippen LogP) is 4.51. The van der Waals surface area contributed by atoms with Gasteiger partial charge in [0.25, 0.3) is 0 Å². The third-order valence-corrected chi connectivity index (χ3v) is 3.57. The van der Waals surface area contributed by atoms with E-state index in [2.05, 4.69) is 4.99 Å². The molecule has 3 rings (SSSR count). The van der Waals surface area contributed by atoms with Gasteiger partial charge in [-0.1, -0.05) is 49.4 Å². The van der Waals surface area contributed by atoms with Crippen molar-refractivity contribution in [3.8, 4) is 0 Å². The predicted molar refractivity (Wildman–Crippen MR) is 91.8 cm³/mol. The highest BCUT2D eigenvalue weighted by Gasteiger charge is 2.24. The van der Waals surface area contributed by atoms with Crippen LogP contribution in [-0.2, 0) is 9.53 Å². The van der Waals surface area contributed by atoms with Gasteiger partial charge in [-0.25, -0.2) is 14.2 Å². The molecule has 0 fully saturated rings. The molecule has 120 valence electrons. The average Bonchev–Trinajstić information content (AvgIpc) is 2.96. The molecule has 1 aliphatic heterocycles. The second kappa shape index (κ2) is 7.04. The van der Waals surface area contributed by atoms with Crippen molar-refractivity contribution >= 4 is 17.9 Å². The number of rotatable bonds is 4. The Morgan fingerprint density at radius 3 is 2.67 bits per heavy atom. The number of allylic oxidation sites excluding steroid dienone is 2. The van der Waals surface area contributed by atoms with Gasteiger partial charge >= 0.3 is 5.97 Å². The Labute approximate surface area is 139 Å². The molecule has 1 aliphatic rings. The van der Waals surface area contributed by atoms with Gasteiger partial charge in [-0.05, 0) is 41.8 Å². The average molecular weight is 321 g/mol. The number of carbonyl (C=O) groups excluding carboxylic acids is 1. The fraction of sp³-hybridized carbons (Fsp3) is 0.100. The van der Waals surface area contributed by atoms with Crippen molar-refractivity contribution < 1.29 is 13.9 Å². The van der Waals surface area contributed by atoms with Crippen LogP contribution in [0.1, 0.15) is 24.5 Å². The van der Waals surface area contributed by atoms with Gasteiger partial charge in [0.05, 0.1) is 0 Å². The minimum Gasteiger partial charge on any atom is -0.402 e. The van der Waals surface area contributed by atoms with E-state index in [1.165, 1.54) is 12.1 Å². The van der Waals surface area contributed by atoms with E-state index in [0.717, 1.165) is 17.6 Å². The van der Waals surface area contributed by atoms with Gasteiger partial charge in [-0.2, -0.15) is 0 Å². The number of nitrogens with zero attached hydrogens (tertiary/aromatic N) is 1. The largest absolute Gasteiger partial charge is 0.402 e. The van der Waals surface area contributed by atoms with E-state index in [0.29, 0.717) is 5.56 Å². The zero-order chi connectivity index (χ0) is 16.9. The first kappa shape index (κ1) is 15.9. The summed E-state index contributed by atoms with van der Waals surface area (Å²) in [6.07, 6.45) is 4.45. The van der Waals surface area contributed by atoms with Crippen LogP contribution in [0.15, 0.2) is 76.9 Å². The number of halogens is 1. The Balaban J connectivity index is 1.91. The molecule has 0 saturated carbocycles. The van der Waals surface area contributed by atoms with E-state index in [9.17, 15) is 9.18 Å². The minimum atomic E-state index is -0.526. The summed E-state index contributed by atoms with van der Waals surface area (Å²) in [5.74, 6) is -0.801. The third kappa shape index (κ3) is 3.66. The van der Waals surface area contributed by atoms with E-state index < -0.39 is 11.8 Å². The minimum absolute atomic E-state index is 0.126. The molecule has 1 heterocycles. The molecule has 0 amide bonds. The number of esters is 1. The molecule has 0 radical (unpaired) electrons. The first-order valence-corrected chi connectivity index (χ1v) is 7.70. The number of ether oxygens (including phenoxy) is 1. The van der Waals surface area contributed by atoms with Crippen LogP contribution in [-0.4, -0.2) is 11.9 Å². The molecular weight excluding hydrogens is 305 g/mol. The van der Waals surface area contributed by atoms with Crippen molar-refractivity contribution in [2.45, 2.75) is 13.3 Å². The summed E-state index contributed by atoms with van der Waals surface area (Å²) >= 11 is 0.